The predicted molar refractivity (Wildman–Crippen MR) is 254 cm³/mol. The third kappa shape index (κ3) is 6.42. The largest absolute Gasteiger partial charge is 0.510 e. The van der Waals surface area contributed by atoms with Gasteiger partial charge in [-0.25, -0.2) is 4.98 Å². The summed E-state index contributed by atoms with van der Waals surface area (Å²) >= 11 is 0. The summed E-state index contributed by atoms with van der Waals surface area (Å²) in [7, 11) is 0. The van der Waals surface area contributed by atoms with Gasteiger partial charge in [-0.05, 0) is 90.8 Å². The van der Waals surface area contributed by atoms with Crippen molar-refractivity contribution in [1.82, 2.24) is 14.1 Å². The number of para-hydroxylation sites is 3. The van der Waals surface area contributed by atoms with Crippen molar-refractivity contribution in [3.63, 3.8) is 0 Å². The molecule has 8 aromatic carbocycles. The molecule has 12 rings (SSSR count). The maximum absolute atomic E-state index is 6.68. The van der Waals surface area contributed by atoms with Gasteiger partial charge in [0, 0.05) is 44.3 Å². The molecule has 0 atom stereocenters. The first-order chi connectivity index (χ1) is 30.9. The number of fused-ring (bicyclic) bond motifs is 10. The Kier molecular flexibility index (Phi) is 9.56. The van der Waals surface area contributed by atoms with Crippen LogP contribution < -0.4 is 9.30 Å². The molecule has 0 unspecified atom stereocenters. The normalized spacial score (nSPS) is 11.9. The van der Waals surface area contributed by atoms with Gasteiger partial charge in [-0.2, -0.15) is 18.2 Å². The second-order valence-electron chi connectivity index (χ2n) is 17.2. The molecule has 64 heavy (non-hydrogen) atoms. The minimum Gasteiger partial charge on any atom is -0.510 e. The van der Waals surface area contributed by atoms with Crippen molar-refractivity contribution in [3.05, 3.63) is 212 Å². The Bertz CT molecular complexity index is 3600. The average molecular weight is 1000 g/mol. The van der Waals surface area contributed by atoms with Gasteiger partial charge >= 0.3 is 0 Å². The summed E-state index contributed by atoms with van der Waals surface area (Å²) in [4.78, 5) is 4.86. The van der Waals surface area contributed by atoms with E-state index in [0.29, 0.717) is 11.5 Å². The van der Waals surface area contributed by atoms with Crippen molar-refractivity contribution in [3.8, 4) is 73.2 Å². The summed E-state index contributed by atoms with van der Waals surface area (Å²) in [6.07, 6.45) is 5.72. The second-order valence-corrected chi connectivity index (χ2v) is 17.2. The Labute approximate surface area is 386 Å². The summed E-state index contributed by atoms with van der Waals surface area (Å²) in [6.45, 7) is 6.68. The Morgan fingerprint density at radius 2 is 1.20 bits per heavy atom. The quantitative estimate of drug-likeness (QED) is 0.127. The summed E-state index contributed by atoms with van der Waals surface area (Å²) in [5.74, 6) is 2.01. The molecular formula is C58H40N4OPt-2. The standard InChI is InChI=1S/C58H40N4O.Pt/c1-58(2,3)39-32-33-59-55(34-39)62-52-28-12-10-23-47(52)48-31-30-42(36-54(48)62)63-41-19-13-18-40(35-41)60-37-61-51-27-11-9-22-46(51)44-20-7-8-21-45(44)49-25-14-24-43(38-16-5-4-6-17-38)56(49)50-26-15-29-53(60)57(50)61;/h4-34H,1-3H3;/q-2;. The van der Waals surface area contributed by atoms with E-state index in [9.17, 15) is 0 Å². The van der Waals surface area contributed by atoms with E-state index in [1.165, 1.54) is 38.9 Å². The zero-order chi connectivity index (χ0) is 42.2. The molecule has 3 aromatic heterocycles. The molecule has 1 aliphatic heterocycles. The smallest absolute Gasteiger partial charge is 0.268 e. The summed E-state index contributed by atoms with van der Waals surface area (Å²) < 4.78 is 13.2. The third-order valence-corrected chi connectivity index (χ3v) is 12.4. The molecule has 1 aliphatic rings. The van der Waals surface area contributed by atoms with Crippen molar-refractivity contribution in [1.29, 1.82) is 0 Å². The number of nitrogens with zero attached hydrogens (tertiary/aromatic N) is 4. The van der Waals surface area contributed by atoms with Crippen LogP contribution in [0.4, 0.5) is 0 Å². The van der Waals surface area contributed by atoms with Crippen LogP contribution in [0.5, 0.6) is 11.5 Å². The monoisotopic (exact) mass is 1000 g/mol. The average Bonchev–Trinajstić information content (AvgIpc) is 3.88. The molecule has 0 amide bonds. The molecule has 6 heteroatoms. The molecule has 0 radical (unpaired) electrons. The second kappa shape index (κ2) is 15.5. The minimum absolute atomic E-state index is 0. The number of hydrogen-bond acceptors (Lipinski definition) is 2. The van der Waals surface area contributed by atoms with Crippen LogP contribution in [0.3, 0.4) is 0 Å². The maximum Gasteiger partial charge on any atom is 0.268 e. The Hall–Kier alpha value is -7.33. The maximum atomic E-state index is 6.68. The van der Waals surface area contributed by atoms with E-state index in [-0.39, 0.29) is 26.5 Å². The van der Waals surface area contributed by atoms with E-state index in [2.05, 4.69) is 217 Å². The first-order valence-electron chi connectivity index (χ1n) is 21.4. The molecule has 0 fully saturated rings. The zero-order valence-corrected chi connectivity index (χ0v) is 37.7. The van der Waals surface area contributed by atoms with Crippen molar-refractivity contribution in [2.24, 2.45) is 0 Å². The molecule has 0 aliphatic carbocycles. The molecular weight excluding hydrogens is 964 g/mol. The van der Waals surface area contributed by atoms with E-state index >= 15 is 0 Å². The summed E-state index contributed by atoms with van der Waals surface area (Å²) in [5, 5.41) is 2.22. The van der Waals surface area contributed by atoms with Gasteiger partial charge in [-0.15, -0.1) is 29.7 Å². The van der Waals surface area contributed by atoms with Gasteiger partial charge in [-0.3, -0.25) is 4.57 Å². The third-order valence-electron chi connectivity index (χ3n) is 12.4. The number of imidazole rings is 1. The van der Waals surface area contributed by atoms with Crippen LogP contribution in [-0.2, 0) is 26.5 Å². The van der Waals surface area contributed by atoms with Gasteiger partial charge in [0.15, 0.2) is 0 Å². The van der Waals surface area contributed by atoms with Crippen LogP contribution in [0.15, 0.2) is 188 Å². The van der Waals surface area contributed by atoms with E-state index in [0.717, 1.165) is 61.2 Å². The Morgan fingerprint density at radius 1 is 0.547 bits per heavy atom. The number of ether oxygens (including phenoxy) is 1. The molecule has 0 saturated carbocycles. The predicted octanol–water partition coefficient (Wildman–Crippen LogP) is 13.9. The number of aromatic nitrogens is 4. The molecule has 4 heterocycles. The van der Waals surface area contributed by atoms with E-state index in [4.69, 9.17) is 9.72 Å². The number of rotatable bonds is 5. The van der Waals surface area contributed by atoms with Gasteiger partial charge in [0.25, 0.3) is 6.33 Å². The minimum atomic E-state index is -0.0293. The number of pyridine rings is 1. The molecule has 0 bridgehead atoms. The van der Waals surface area contributed by atoms with Crippen molar-refractivity contribution >= 4 is 32.8 Å². The van der Waals surface area contributed by atoms with Gasteiger partial charge in [0.2, 0.25) is 0 Å². The molecule has 0 saturated heterocycles. The fourth-order valence-electron chi connectivity index (χ4n) is 9.41. The van der Waals surface area contributed by atoms with Crippen LogP contribution in [-0.4, -0.2) is 14.1 Å². The van der Waals surface area contributed by atoms with Gasteiger partial charge in [-0.1, -0.05) is 154 Å². The van der Waals surface area contributed by atoms with Crippen LogP contribution in [0, 0.1) is 18.5 Å². The van der Waals surface area contributed by atoms with Gasteiger partial charge in [0.05, 0.1) is 16.7 Å². The van der Waals surface area contributed by atoms with Crippen LogP contribution in [0.1, 0.15) is 26.3 Å². The summed E-state index contributed by atoms with van der Waals surface area (Å²) in [5.41, 5.74) is 16.4. The number of hydrogen-bond donors (Lipinski definition) is 0. The van der Waals surface area contributed by atoms with Crippen LogP contribution in [0.2, 0.25) is 0 Å². The summed E-state index contributed by atoms with van der Waals surface area (Å²) in [6, 6.07) is 71.5. The molecule has 11 aromatic rings. The van der Waals surface area contributed by atoms with Crippen LogP contribution in [0.25, 0.3) is 94.5 Å². The van der Waals surface area contributed by atoms with Gasteiger partial charge < -0.3 is 13.9 Å². The van der Waals surface area contributed by atoms with Gasteiger partial charge in [0.1, 0.15) is 5.82 Å². The van der Waals surface area contributed by atoms with Crippen molar-refractivity contribution in [2.75, 3.05) is 0 Å². The SMILES string of the molecule is CC(C)(C)c1ccnc(-n2c3[c-]c(Oc4[c-]c(-n5[c-][n+]6c7c(cccc75)-c5c(-c7ccccc7)cccc5-c5ccccc5-c5ccccc5-6)ccc4)ccc3c3ccccc32)c1.[Pt]. The van der Waals surface area contributed by atoms with Crippen LogP contribution >= 0.6 is 0 Å². The molecule has 310 valence electrons. The van der Waals surface area contributed by atoms with Crippen molar-refractivity contribution in [2.45, 2.75) is 26.2 Å². The number of benzene rings is 8. The molecule has 0 spiro atoms. The molecule has 0 N–H and O–H groups in total. The first kappa shape index (κ1) is 39.5. The first-order valence-corrected chi connectivity index (χ1v) is 21.4. The van der Waals surface area contributed by atoms with E-state index in [1.54, 1.807) is 0 Å². The molecule has 5 nitrogen and oxygen atoms in total. The topological polar surface area (TPSA) is 35.9 Å². The fourth-order valence-corrected chi connectivity index (χ4v) is 9.41. The zero-order valence-electron chi connectivity index (χ0n) is 35.4. The van der Waals surface area contributed by atoms with Crippen molar-refractivity contribution < 1.29 is 30.4 Å². The van der Waals surface area contributed by atoms with E-state index < -0.39 is 0 Å². The van der Waals surface area contributed by atoms with E-state index in [1.807, 2.05) is 24.4 Å². The Morgan fingerprint density at radius 3 is 2.05 bits per heavy atom. The fraction of sp³-hybridized carbons (Fsp3) is 0.0690. The Balaban J connectivity index is 0.00000456.